The molecule has 0 aromatic carbocycles. The minimum absolute atomic E-state index is 0.0172. The summed E-state index contributed by atoms with van der Waals surface area (Å²) in [5.41, 5.74) is 1.02. The fraction of sp³-hybridized carbons (Fsp3) is 0.667. The summed E-state index contributed by atoms with van der Waals surface area (Å²) in [6, 6.07) is 0. The predicted octanol–water partition coefficient (Wildman–Crippen LogP) is 2.56. The van der Waals surface area contributed by atoms with Crippen molar-refractivity contribution in [3.63, 3.8) is 0 Å². The second kappa shape index (κ2) is 4.74. The van der Waals surface area contributed by atoms with Crippen molar-refractivity contribution in [1.82, 2.24) is 4.98 Å². The van der Waals surface area contributed by atoms with E-state index in [1.807, 2.05) is 5.38 Å². The molecule has 17 heavy (non-hydrogen) atoms. The summed E-state index contributed by atoms with van der Waals surface area (Å²) in [4.78, 5) is 16.2. The molecule has 1 amide bonds. The van der Waals surface area contributed by atoms with E-state index in [1.165, 1.54) is 11.3 Å². The normalized spacial score (nSPS) is 20.5. The molecular formula is C12H18N2O2S. The fourth-order valence-electron chi connectivity index (χ4n) is 1.65. The maximum absolute atomic E-state index is 11.8. The molecule has 0 spiro atoms. The molecule has 0 saturated carbocycles. The fourth-order valence-corrected chi connectivity index (χ4v) is 2.59. The van der Waals surface area contributed by atoms with E-state index >= 15 is 0 Å². The number of hydrogen-bond donors (Lipinski definition) is 1. The number of anilines is 1. The van der Waals surface area contributed by atoms with Crippen LogP contribution in [0, 0.1) is 0 Å². The largest absolute Gasteiger partial charge is 0.368 e. The topological polar surface area (TPSA) is 51.2 Å². The van der Waals surface area contributed by atoms with Crippen LogP contribution in [0.5, 0.6) is 0 Å². The highest BCUT2D eigenvalue weighted by Gasteiger charge is 2.25. The summed E-state index contributed by atoms with van der Waals surface area (Å²) in [5, 5.41) is 5.47. The first kappa shape index (κ1) is 12.5. The quantitative estimate of drug-likeness (QED) is 0.882. The zero-order valence-electron chi connectivity index (χ0n) is 10.4. The van der Waals surface area contributed by atoms with Crippen LogP contribution in [0.4, 0.5) is 5.13 Å². The van der Waals surface area contributed by atoms with E-state index in [9.17, 15) is 4.79 Å². The lowest BCUT2D eigenvalue weighted by Gasteiger charge is -2.14. The molecule has 2 heterocycles. The van der Waals surface area contributed by atoms with E-state index in [-0.39, 0.29) is 17.4 Å². The standard InChI is InChI=1S/C12H18N2O2S/c1-12(2,3)9-7-17-11(13-9)14-10(15)8-5-4-6-16-8/h7-8H,4-6H2,1-3H3,(H,13,14,15)/t8-/m1/s1. The van der Waals surface area contributed by atoms with Crippen LogP contribution < -0.4 is 5.32 Å². The highest BCUT2D eigenvalue weighted by molar-refractivity contribution is 7.13. The lowest BCUT2D eigenvalue weighted by molar-refractivity contribution is -0.124. The van der Waals surface area contributed by atoms with Gasteiger partial charge < -0.3 is 4.74 Å². The third kappa shape index (κ3) is 3.04. The smallest absolute Gasteiger partial charge is 0.255 e. The molecule has 1 aliphatic heterocycles. The van der Waals surface area contributed by atoms with E-state index < -0.39 is 0 Å². The predicted molar refractivity (Wildman–Crippen MR) is 68.4 cm³/mol. The van der Waals surface area contributed by atoms with Gasteiger partial charge in [-0.05, 0) is 12.8 Å². The molecule has 0 unspecified atom stereocenters. The molecule has 1 fully saturated rings. The molecule has 0 aliphatic carbocycles. The Hall–Kier alpha value is -0.940. The zero-order chi connectivity index (χ0) is 12.5. The minimum Gasteiger partial charge on any atom is -0.368 e. The third-order valence-electron chi connectivity index (χ3n) is 2.72. The van der Waals surface area contributed by atoms with Crippen LogP contribution in [0.25, 0.3) is 0 Å². The van der Waals surface area contributed by atoms with E-state index in [2.05, 4.69) is 31.1 Å². The molecule has 1 aromatic heterocycles. The summed E-state index contributed by atoms with van der Waals surface area (Å²) in [6.07, 6.45) is 1.48. The van der Waals surface area contributed by atoms with Crippen LogP contribution >= 0.6 is 11.3 Å². The number of nitrogens with zero attached hydrogens (tertiary/aromatic N) is 1. The molecule has 0 bridgehead atoms. The second-order valence-corrected chi connectivity index (χ2v) is 6.14. The molecular weight excluding hydrogens is 236 g/mol. The number of carbonyl (C=O) groups excluding carboxylic acids is 1. The minimum atomic E-state index is -0.294. The number of thiazole rings is 1. The van der Waals surface area contributed by atoms with Crippen molar-refractivity contribution in [2.24, 2.45) is 0 Å². The van der Waals surface area contributed by atoms with E-state index in [4.69, 9.17) is 4.74 Å². The lowest BCUT2D eigenvalue weighted by atomic mass is 9.93. The average Bonchev–Trinajstić information content (AvgIpc) is 2.85. The summed E-state index contributed by atoms with van der Waals surface area (Å²) < 4.78 is 5.33. The number of nitrogens with one attached hydrogen (secondary N) is 1. The van der Waals surface area contributed by atoms with Crippen molar-refractivity contribution in [3.8, 4) is 0 Å². The van der Waals surface area contributed by atoms with Gasteiger partial charge in [-0.2, -0.15) is 0 Å². The Balaban J connectivity index is 1.99. The van der Waals surface area contributed by atoms with Crippen molar-refractivity contribution in [3.05, 3.63) is 11.1 Å². The number of hydrogen-bond acceptors (Lipinski definition) is 4. The molecule has 1 aromatic rings. The number of carbonyl (C=O) groups is 1. The Morgan fingerprint density at radius 2 is 2.35 bits per heavy atom. The highest BCUT2D eigenvalue weighted by atomic mass is 32.1. The van der Waals surface area contributed by atoms with Gasteiger partial charge in [-0.25, -0.2) is 4.98 Å². The number of rotatable bonds is 2. The Labute approximate surface area is 105 Å². The summed E-state index contributed by atoms with van der Waals surface area (Å²) in [7, 11) is 0. The highest BCUT2D eigenvalue weighted by Crippen LogP contribution is 2.26. The van der Waals surface area contributed by atoms with E-state index in [0.29, 0.717) is 11.7 Å². The third-order valence-corrected chi connectivity index (χ3v) is 3.48. The van der Waals surface area contributed by atoms with Crippen LogP contribution in [-0.2, 0) is 14.9 Å². The van der Waals surface area contributed by atoms with Gasteiger partial charge in [-0.15, -0.1) is 11.3 Å². The van der Waals surface area contributed by atoms with Crippen molar-refractivity contribution in [2.75, 3.05) is 11.9 Å². The van der Waals surface area contributed by atoms with Gasteiger partial charge in [-0.3, -0.25) is 10.1 Å². The summed E-state index contributed by atoms with van der Waals surface area (Å²) in [6.45, 7) is 7.00. The Kier molecular flexibility index (Phi) is 3.49. The van der Waals surface area contributed by atoms with Gasteiger partial charge in [0.25, 0.3) is 5.91 Å². The molecule has 2 rings (SSSR count). The van der Waals surface area contributed by atoms with Crippen molar-refractivity contribution >= 4 is 22.4 Å². The Bertz CT molecular complexity index is 403. The van der Waals surface area contributed by atoms with Crippen molar-refractivity contribution < 1.29 is 9.53 Å². The molecule has 94 valence electrons. The van der Waals surface area contributed by atoms with Crippen LogP contribution in [0.3, 0.4) is 0 Å². The molecule has 0 radical (unpaired) electrons. The number of amides is 1. The van der Waals surface area contributed by atoms with Gasteiger partial charge in [0.15, 0.2) is 5.13 Å². The van der Waals surface area contributed by atoms with Gasteiger partial charge in [0.05, 0.1) is 5.69 Å². The SMILES string of the molecule is CC(C)(C)c1csc(NC(=O)[C@H]2CCCO2)n1. The molecule has 5 heteroatoms. The van der Waals surface area contributed by atoms with E-state index in [0.717, 1.165) is 18.5 Å². The molecule has 4 nitrogen and oxygen atoms in total. The second-order valence-electron chi connectivity index (χ2n) is 5.28. The monoisotopic (exact) mass is 254 g/mol. The van der Waals surface area contributed by atoms with Gasteiger partial charge in [-0.1, -0.05) is 20.8 Å². The van der Waals surface area contributed by atoms with Gasteiger partial charge in [0, 0.05) is 17.4 Å². The Morgan fingerprint density at radius 3 is 2.88 bits per heavy atom. The lowest BCUT2D eigenvalue weighted by Crippen LogP contribution is -2.26. The molecule has 1 aliphatic rings. The van der Waals surface area contributed by atoms with Crippen LogP contribution in [0.15, 0.2) is 5.38 Å². The zero-order valence-corrected chi connectivity index (χ0v) is 11.3. The van der Waals surface area contributed by atoms with Gasteiger partial charge in [0.1, 0.15) is 6.10 Å². The van der Waals surface area contributed by atoms with Gasteiger partial charge >= 0.3 is 0 Å². The average molecular weight is 254 g/mol. The maximum atomic E-state index is 11.8. The maximum Gasteiger partial charge on any atom is 0.255 e. The number of ether oxygens (including phenoxy) is 1. The van der Waals surface area contributed by atoms with Crippen molar-refractivity contribution in [2.45, 2.75) is 45.1 Å². The van der Waals surface area contributed by atoms with E-state index in [1.54, 1.807) is 0 Å². The summed E-state index contributed by atoms with van der Waals surface area (Å²) in [5.74, 6) is -0.0719. The first-order valence-electron chi connectivity index (χ1n) is 5.85. The van der Waals surface area contributed by atoms with Gasteiger partial charge in [0.2, 0.25) is 0 Å². The molecule has 1 atom stereocenters. The molecule has 1 saturated heterocycles. The number of aromatic nitrogens is 1. The summed E-state index contributed by atoms with van der Waals surface area (Å²) >= 11 is 1.46. The van der Waals surface area contributed by atoms with Crippen LogP contribution in [0.2, 0.25) is 0 Å². The van der Waals surface area contributed by atoms with Crippen LogP contribution in [0.1, 0.15) is 39.3 Å². The van der Waals surface area contributed by atoms with Crippen molar-refractivity contribution in [1.29, 1.82) is 0 Å². The first-order chi connectivity index (χ1) is 7.97. The van der Waals surface area contributed by atoms with Crippen LogP contribution in [-0.4, -0.2) is 23.6 Å². The Morgan fingerprint density at radius 1 is 1.59 bits per heavy atom. The first-order valence-corrected chi connectivity index (χ1v) is 6.73. The molecule has 1 N–H and O–H groups in total.